The van der Waals surface area contributed by atoms with Gasteiger partial charge in [0.2, 0.25) is 0 Å². The molecule has 1 aliphatic carbocycles. The summed E-state index contributed by atoms with van der Waals surface area (Å²) < 4.78 is 0. The average Bonchev–Trinajstić information content (AvgIpc) is 3.50. The summed E-state index contributed by atoms with van der Waals surface area (Å²) in [5.74, 6) is 0. The van der Waals surface area contributed by atoms with Gasteiger partial charge in [0.1, 0.15) is 0 Å². The minimum absolute atomic E-state index is 0. The van der Waals surface area contributed by atoms with Crippen LogP contribution in [0.25, 0.3) is 27.1 Å². The first-order valence-electron chi connectivity index (χ1n) is 10.2. The fourth-order valence-corrected chi connectivity index (χ4v) is 3.59. The largest absolute Gasteiger partial charge is 2.00 e. The number of halogens is 2. The number of rotatable bonds is 1. The van der Waals surface area contributed by atoms with Crippen LogP contribution < -0.4 is 24.8 Å². The normalized spacial score (nSPS) is 10.5. The van der Waals surface area contributed by atoms with Crippen molar-refractivity contribution < 1.29 is 51.0 Å². The zero-order chi connectivity index (χ0) is 20.4. The second-order valence-corrected chi connectivity index (χ2v) is 6.98. The molecular weight excluding hydrogens is 534 g/mol. The minimum Gasteiger partial charge on any atom is -1.00 e. The molecule has 0 saturated carbocycles. The van der Waals surface area contributed by atoms with Crippen LogP contribution in [0.1, 0.15) is 12.0 Å². The van der Waals surface area contributed by atoms with Crippen LogP contribution in [0.2, 0.25) is 0 Å². The Morgan fingerprint density at radius 3 is 1.74 bits per heavy atom. The van der Waals surface area contributed by atoms with E-state index in [1.54, 1.807) is 0 Å². The van der Waals surface area contributed by atoms with E-state index in [1.807, 2.05) is 60.7 Å². The molecule has 0 atom stereocenters. The third-order valence-corrected chi connectivity index (χ3v) is 4.99. The smallest absolute Gasteiger partial charge is 1.00 e. The molecule has 0 saturated heterocycles. The van der Waals surface area contributed by atoms with E-state index in [0.29, 0.717) is 0 Å². The fraction of sp³-hybridized carbons (Fsp3) is 0.0323. The maximum Gasteiger partial charge on any atom is 2.00 e. The summed E-state index contributed by atoms with van der Waals surface area (Å²) >= 11 is 0. The molecular formula is C31H26Cl2Zr-4. The summed E-state index contributed by atoms with van der Waals surface area (Å²) in [4.78, 5) is 0. The quantitative estimate of drug-likeness (QED) is 0.277. The van der Waals surface area contributed by atoms with Crippen LogP contribution in [0.5, 0.6) is 0 Å². The Labute approximate surface area is 235 Å². The standard InChI is InChI=1S/C18H13.2C6H5.CH3.2ClH.Zr/c1-2-7-13(6-1)15-10-5-11-17-16-9-4-3-8-14(16)12-18(15)17;2*1-2-4-6-5-3-1;;;;/h1-6,8-12H,7H2;2*1-5H;1H3;2*1H;/q4*-1;;;+2/p-2. The first-order valence-corrected chi connectivity index (χ1v) is 10.2. The monoisotopic (exact) mass is 558 g/mol. The van der Waals surface area contributed by atoms with Crippen LogP contribution >= 0.6 is 0 Å². The van der Waals surface area contributed by atoms with E-state index >= 15 is 0 Å². The Balaban J connectivity index is 0.000000575. The molecule has 6 rings (SSSR count). The summed E-state index contributed by atoms with van der Waals surface area (Å²) in [5.41, 5.74) is 2.81. The molecule has 0 heterocycles. The van der Waals surface area contributed by atoms with Crippen molar-refractivity contribution in [2.75, 3.05) is 0 Å². The van der Waals surface area contributed by atoms with Gasteiger partial charge in [0, 0.05) is 0 Å². The first-order chi connectivity index (χ1) is 14.9. The van der Waals surface area contributed by atoms with Gasteiger partial charge >= 0.3 is 26.2 Å². The SMILES string of the molecule is C1=CCC(c2cccc3c2[cH-]c2ccccc23)=C1.[CH3-].[Cl-].[Cl-].[Zr+2].[c-]1ccccc1.[c-]1ccccc1. The Hall–Kier alpha value is -2.31. The molecule has 172 valence electrons. The number of benzene rings is 4. The van der Waals surface area contributed by atoms with E-state index in [1.165, 1.54) is 32.7 Å². The summed E-state index contributed by atoms with van der Waals surface area (Å²) in [7, 11) is 0. The topological polar surface area (TPSA) is 0 Å². The number of allylic oxidation sites excluding steroid dienone is 4. The van der Waals surface area contributed by atoms with Gasteiger partial charge in [0.15, 0.2) is 0 Å². The van der Waals surface area contributed by atoms with Crippen molar-refractivity contribution in [3.63, 3.8) is 0 Å². The van der Waals surface area contributed by atoms with Gasteiger partial charge in [-0.3, -0.25) is 0 Å². The molecule has 0 amide bonds. The molecule has 0 spiro atoms. The third kappa shape index (κ3) is 8.48. The van der Waals surface area contributed by atoms with Crippen molar-refractivity contribution >= 4 is 27.1 Å². The maximum absolute atomic E-state index is 2.89. The van der Waals surface area contributed by atoms with Crippen LogP contribution in [0.3, 0.4) is 0 Å². The van der Waals surface area contributed by atoms with Crippen molar-refractivity contribution in [2.45, 2.75) is 6.42 Å². The average molecular weight is 561 g/mol. The van der Waals surface area contributed by atoms with E-state index in [9.17, 15) is 0 Å². The molecule has 5 aromatic rings. The van der Waals surface area contributed by atoms with Crippen molar-refractivity contribution in [3.05, 3.63) is 153 Å². The van der Waals surface area contributed by atoms with E-state index in [-0.39, 0.29) is 58.4 Å². The van der Waals surface area contributed by atoms with Crippen LogP contribution in [-0.4, -0.2) is 0 Å². The third-order valence-electron chi connectivity index (χ3n) is 4.99. The van der Waals surface area contributed by atoms with E-state index < -0.39 is 0 Å². The minimum atomic E-state index is 0. The summed E-state index contributed by atoms with van der Waals surface area (Å²) in [6.07, 6.45) is 7.65. The molecule has 1 aliphatic rings. The summed E-state index contributed by atoms with van der Waals surface area (Å²) in [6, 6.07) is 42.6. The Bertz CT molecular complexity index is 1170. The molecule has 34 heavy (non-hydrogen) atoms. The van der Waals surface area contributed by atoms with Gasteiger partial charge in [-0.25, -0.2) is 0 Å². The Kier molecular flexibility index (Phi) is 16.0. The molecule has 0 nitrogen and oxygen atoms in total. The van der Waals surface area contributed by atoms with Crippen LogP contribution in [0.15, 0.2) is 127 Å². The van der Waals surface area contributed by atoms with Crippen LogP contribution in [0, 0.1) is 19.6 Å². The van der Waals surface area contributed by atoms with Crippen molar-refractivity contribution in [2.24, 2.45) is 0 Å². The van der Waals surface area contributed by atoms with Crippen molar-refractivity contribution in [1.82, 2.24) is 0 Å². The molecule has 0 fully saturated rings. The molecule has 0 bridgehead atoms. The maximum atomic E-state index is 2.89. The van der Waals surface area contributed by atoms with Gasteiger partial charge in [-0.2, -0.15) is 72.8 Å². The second kappa shape index (κ2) is 17.2. The fourth-order valence-electron chi connectivity index (χ4n) is 3.59. The summed E-state index contributed by atoms with van der Waals surface area (Å²) in [6.45, 7) is 0. The van der Waals surface area contributed by atoms with Crippen molar-refractivity contribution in [1.29, 1.82) is 0 Å². The molecule has 5 aromatic carbocycles. The van der Waals surface area contributed by atoms with Crippen LogP contribution in [-0.2, 0) is 26.2 Å². The van der Waals surface area contributed by atoms with Gasteiger partial charge < -0.3 is 32.2 Å². The molecule has 0 N–H and O–H groups in total. The number of hydrogen-bond acceptors (Lipinski definition) is 0. The Morgan fingerprint density at radius 2 is 1.24 bits per heavy atom. The van der Waals surface area contributed by atoms with Gasteiger partial charge in [-0.15, -0.1) is 33.7 Å². The second-order valence-electron chi connectivity index (χ2n) is 6.98. The van der Waals surface area contributed by atoms with Gasteiger partial charge in [0.25, 0.3) is 0 Å². The van der Waals surface area contributed by atoms with E-state index in [4.69, 9.17) is 0 Å². The predicted octanol–water partition coefficient (Wildman–Crippen LogP) is 2.48. The van der Waals surface area contributed by atoms with Gasteiger partial charge in [0.05, 0.1) is 0 Å². The zero-order valence-electron chi connectivity index (χ0n) is 19.1. The van der Waals surface area contributed by atoms with E-state index in [0.717, 1.165) is 6.42 Å². The Morgan fingerprint density at radius 1 is 0.647 bits per heavy atom. The number of fused-ring (bicyclic) bond motifs is 3. The van der Waals surface area contributed by atoms with E-state index in [2.05, 4.69) is 78.9 Å². The summed E-state index contributed by atoms with van der Waals surface area (Å²) in [5, 5.41) is 5.46. The van der Waals surface area contributed by atoms with Gasteiger partial charge in [-0.1, -0.05) is 65.8 Å². The molecule has 0 aliphatic heterocycles. The molecule has 3 heteroatoms. The molecule has 0 unspecified atom stereocenters. The number of hydrogen-bond donors (Lipinski definition) is 0. The first kappa shape index (κ1) is 31.7. The van der Waals surface area contributed by atoms with Crippen molar-refractivity contribution in [3.8, 4) is 0 Å². The molecule has 0 aromatic heterocycles. The molecule has 0 radical (unpaired) electrons. The predicted molar refractivity (Wildman–Crippen MR) is 136 cm³/mol. The van der Waals surface area contributed by atoms with Gasteiger partial charge in [-0.05, 0) is 6.42 Å². The van der Waals surface area contributed by atoms with Crippen LogP contribution in [0.4, 0.5) is 0 Å². The zero-order valence-corrected chi connectivity index (χ0v) is 23.1.